The first kappa shape index (κ1) is 18.3. The van der Waals surface area contributed by atoms with Gasteiger partial charge in [-0.2, -0.15) is 0 Å². The summed E-state index contributed by atoms with van der Waals surface area (Å²) < 4.78 is 12.7. The van der Waals surface area contributed by atoms with Crippen LogP contribution >= 0.6 is 0 Å². The molecule has 1 rings (SSSR count). The summed E-state index contributed by atoms with van der Waals surface area (Å²) in [5.41, 5.74) is 11.2. The van der Waals surface area contributed by atoms with Crippen molar-refractivity contribution in [3.8, 4) is 0 Å². The SMILES string of the molecule is C[SiH](CCCN)OC1CCCCC1O[SiH](C)CCCN. The predicted molar refractivity (Wildman–Crippen MR) is 91.2 cm³/mol. The third-order valence-electron chi connectivity index (χ3n) is 4.09. The van der Waals surface area contributed by atoms with Gasteiger partial charge in [0.15, 0.2) is 18.1 Å². The van der Waals surface area contributed by atoms with Crippen LogP contribution in [-0.4, -0.2) is 43.4 Å². The van der Waals surface area contributed by atoms with E-state index in [2.05, 4.69) is 13.1 Å². The second-order valence-electron chi connectivity index (χ2n) is 6.12. The van der Waals surface area contributed by atoms with Gasteiger partial charge < -0.3 is 20.3 Å². The van der Waals surface area contributed by atoms with E-state index in [4.69, 9.17) is 20.3 Å². The van der Waals surface area contributed by atoms with Crippen LogP contribution in [0, 0.1) is 0 Å². The molecule has 1 aliphatic rings. The maximum atomic E-state index is 6.37. The largest absolute Gasteiger partial charge is 0.415 e. The fourth-order valence-electron chi connectivity index (χ4n) is 2.92. The molecule has 4 atom stereocenters. The zero-order valence-corrected chi connectivity index (χ0v) is 15.7. The van der Waals surface area contributed by atoms with Gasteiger partial charge in [-0.1, -0.05) is 12.8 Å². The van der Waals surface area contributed by atoms with E-state index in [-0.39, 0.29) is 0 Å². The second-order valence-corrected chi connectivity index (χ2v) is 11.1. The fourth-order valence-corrected chi connectivity index (χ4v) is 6.63. The lowest BCUT2D eigenvalue weighted by Gasteiger charge is -2.35. The number of hydrogen-bond donors (Lipinski definition) is 2. The highest BCUT2D eigenvalue weighted by molar-refractivity contribution is 6.50. The molecule has 120 valence electrons. The van der Waals surface area contributed by atoms with E-state index in [9.17, 15) is 0 Å². The van der Waals surface area contributed by atoms with Crippen LogP contribution in [0.1, 0.15) is 38.5 Å². The van der Waals surface area contributed by atoms with E-state index in [1.165, 1.54) is 37.8 Å². The first-order chi connectivity index (χ1) is 9.67. The smallest absolute Gasteiger partial charge is 0.174 e. The molecule has 4 unspecified atom stereocenters. The van der Waals surface area contributed by atoms with Crippen molar-refractivity contribution in [1.82, 2.24) is 0 Å². The van der Waals surface area contributed by atoms with E-state index in [1.807, 2.05) is 0 Å². The third kappa shape index (κ3) is 7.33. The highest BCUT2D eigenvalue weighted by Gasteiger charge is 2.29. The van der Waals surface area contributed by atoms with Crippen molar-refractivity contribution in [3.63, 3.8) is 0 Å². The van der Waals surface area contributed by atoms with Crippen molar-refractivity contribution in [2.75, 3.05) is 13.1 Å². The molecule has 0 aromatic carbocycles. The van der Waals surface area contributed by atoms with Crippen molar-refractivity contribution in [2.24, 2.45) is 11.5 Å². The van der Waals surface area contributed by atoms with Crippen molar-refractivity contribution in [1.29, 1.82) is 0 Å². The van der Waals surface area contributed by atoms with E-state index >= 15 is 0 Å². The summed E-state index contributed by atoms with van der Waals surface area (Å²) in [4.78, 5) is 0. The van der Waals surface area contributed by atoms with Crippen LogP contribution in [-0.2, 0) is 8.85 Å². The molecule has 1 aliphatic carbocycles. The van der Waals surface area contributed by atoms with Crippen LogP contribution in [0.15, 0.2) is 0 Å². The van der Waals surface area contributed by atoms with E-state index < -0.39 is 18.1 Å². The molecule has 0 radical (unpaired) electrons. The number of rotatable bonds is 10. The van der Waals surface area contributed by atoms with Gasteiger partial charge >= 0.3 is 0 Å². The first-order valence-corrected chi connectivity index (χ1v) is 13.3. The Kier molecular flexibility index (Phi) is 10.0. The summed E-state index contributed by atoms with van der Waals surface area (Å²) in [6.45, 7) is 6.18. The summed E-state index contributed by atoms with van der Waals surface area (Å²) in [5, 5.41) is 0. The molecule has 0 bridgehead atoms. The average molecular weight is 319 g/mol. The second kappa shape index (κ2) is 10.9. The lowest BCUT2D eigenvalue weighted by molar-refractivity contribution is 0.0198. The Balaban J connectivity index is 2.36. The monoisotopic (exact) mass is 318 g/mol. The Morgan fingerprint density at radius 3 is 1.60 bits per heavy atom. The Morgan fingerprint density at radius 2 is 1.25 bits per heavy atom. The maximum Gasteiger partial charge on any atom is 0.174 e. The quantitative estimate of drug-likeness (QED) is 0.602. The first-order valence-electron chi connectivity index (χ1n) is 8.38. The minimum atomic E-state index is -1.06. The standard InChI is InChI=1S/C14H34N2O2Si2/c1-19(11-5-9-15)17-13-7-3-4-8-14(13)18-20(2)12-6-10-16/h13-14,19-20H,3-12,15-16H2,1-2H3. The zero-order chi connectivity index (χ0) is 14.8. The molecule has 0 heterocycles. The molecule has 0 aromatic heterocycles. The normalized spacial score (nSPS) is 26.4. The number of hydrogen-bond acceptors (Lipinski definition) is 4. The molecular weight excluding hydrogens is 284 g/mol. The fraction of sp³-hybridized carbons (Fsp3) is 1.00. The molecule has 1 saturated carbocycles. The van der Waals surface area contributed by atoms with Crippen molar-refractivity contribution in [3.05, 3.63) is 0 Å². The molecule has 20 heavy (non-hydrogen) atoms. The zero-order valence-electron chi connectivity index (χ0n) is 13.4. The average Bonchev–Trinajstić information content (AvgIpc) is 2.45. The molecule has 4 nitrogen and oxygen atoms in total. The molecule has 0 amide bonds. The molecule has 6 heteroatoms. The Bertz CT molecular complexity index is 223. The summed E-state index contributed by atoms with van der Waals surface area (Å²) in [6.07, 6.45) is 7.88. The lowest BCUT2D eigenvalue weighted by atomic mass is 9.95. The maximum absolute atomic E-state index is 6.37. The van der Waals surface area contributed by atoms with Crippen LogP contribution in [0.5, 0.6) is 0 Å². The third-order valence-corrected chi connectivity index (χ3v) is 8.16. The van der Waals surface area contributed by atoms with Gasteiger partial charge in [0.05, 0.1) is 12.2 Å². The minimum absolute atomic E-state index is 0.357. The topological polar surface area (TPSA) is 70.5 Å². The summed E-state index contributed by atoms with van der Waals surface area (Å²) in [5.74, 6) is 0. The molecule has 0 aliphatic heterocycles. The minimum Gasteiger partial charge on any atom is -0.415 e. The van der Waals surface area contributed by atoms with Crippen LogP contribution < -0.4 is 11.5 Å². The molecule has 4 N–H and O–H groups in total. The van der Waals surface area contributed by atoms with Gasteiger partial charge in [0.1, 0.15) is 0 Å². The predicted octanol–water partition coefficient (Wildman–Crippen LogP) is 1.74. The van der Waals surface area contributed by atoms with Crippen molar-refractivity contribution < 1.29 is 8.85 Å². The van der Waals surface area contributed by atoms with Gasteiger partial charge in [0.2, 0.25) is 0 Å². The van der Waals surface area contributed by atoms with Gasteiger partial charge in [-0.15, -0.1) is 0 Å². The van der Waals surface area contributed by atoms with Crippen molar-refractivity contribution >= 4 is 18.1 Å². The summed E-state index contributed by atoms with van der Waals surface area (Å²) in [6, 6.07) is 2.39. The van der Waals surface area contributed by atoms with Crippen LogP contribution in [0.4, 0.5) is 0 Å². The van der Waals surface area contributed by atoms with Gasteiger partial charge in [0.25, 0.3) is 0 Å². The van der Waals surface area contributed by atoms with Crippen LogP contribution in [0.3, 0.4) is 0 Å². The summed E-state index contributed by atoms with van der Waals surface area (Å²) in [7, 11) is -2.13. The number of nitrogens with two attached hydrogens (primary N) is 2. The Hall–Kier alpha value is 0.274. The molecular formula is C14H34N2O2Si2. The van der Waals surface area contributed by atoms with Crippen LogP contribution in [0.2, 0.25) is 25.2 Å². The van der Waals surface area contributed by atoms with E-state index in [0.717, 1.165) is 25.9 Å². The van der Waals surface area contributed by atoms with Gasteiger partial charge in [-0.05, 0) is 64.0 Å². The van der Waals surface area contributed by atoms with E-state index in [1.54, 1.807) is 0 Å². The van der Waals surface area contributed by atoms with E-state index in [0.29, 0.717) is 12.2 Å². The molecule has 0 spiro atoms. The highest BCUT2D eigenvalue weighted by Crippen LogP contribution is 2.26. The molecule has 1 fully saturated rings. The van der Waals surface area contributed by atoms with Crippen LogP contribution in [0.25, 0.3) is 0 Å². The Labute approximate surface area is 128 Å². The van der Waals surface area contributed by atoms with Crippen molar-refractivity contribution in [2.45, 2.75) is 75.9 Å². The lowest BCUT2D eigenvalue weighted by Crippen LogP contribution is -2.40. The van der Waals surface area contributed by atoms with Gasteiger partial charge in [0, 0.05) is 0 Å². The summed E-state index contributed by atoms with van der Waals surface area (Å²) >= 11 is 0. The highest BCUT2D eigenvalue weighted by atomic mass is 28.3. The van der Waals surface area contributed by atoms with Gasteiger partial charge in [-0.3, -0.25) is 0 Å². The Morgan fingerprint density at radius 1 is 0.850 bits per heavy atom. The molecule has 0 saturated heterocycles. The molecule has 0 aromatic rings. The van der Waals surface area contributed by atoms with Gasteiger partial charge in [-0.25, -0.2) is 0 Å².